The lowest BCUT2D eigenvalue weighted by Crippen LogP contribution is -2.46. The molecule has 1 aliphatic carbocycles. The van der Waals surface area contributed by atoms with E-state index in [1.165, 1.54) is 18.3 Å². The van der Waals surface area contributed by atoms with Crippen molar-refractivity contribution in [3.8, 4) is 11.5 Å². The number of rotatable bonds is 9. The molecule has 1 aromatic heterocycles. The zero-order chi connectivity index (χ0) is 25.7. The number of nitrogens with zero attached hydrogens (tertiary/aromatic N) is 2. The molecule has 1 heterocycles. The van der Waals surface area contributed by atoms with Crippen LogP contribution in [0.1, 0.15) is 47.8 Å². The summed E-state index contributed by atoms with van der Waals surface area (Å²) in [6.45, 7) is 0. The molecule has 0 aliphatic heterocycles. The second-order valence-electron chi connectivity index (χ2n) is 9.07. The van der Waals surface area contributed by atoms with Gasteiger partial charge in [-0.25, -0.2) is 0 Å². The molecule has 1 atom stereocenters. The molecule has 4 rings (SSSR count). The van der Waals surface area contributed by atoms with Crippen molar-refractivity contribution in [3.05, 3.63) is 72.2 Å². The molecule has 0 saturated heterocycles. The quantitative estimate of drug-likeness (QED) is 0.463. The summed E-state index contributed by atoms with van der Waals surface area (Å²) < 4.78 is 16.4. The molecule has 0 unspecified atom stereocenters. The van der Waals surface area contributed by atoms with Crippen molar-refractivity contribution in [2.45, 2.75) is 37.8 Å². The van der Waals surface area contributed by atoms with Gasteiger partial charge in [-0.05, 0) is 54.8 Å². The number of carbonyl (C=O) groups is 2. The third-order valence-corrected chi connectivity index (χ3v) is 6.53. The largest absolute Gasteiger partial charge is 0.493 e. The van der Waals surface area contributed by atoms with E-state index in [0.29, 0.717) is 22.7 Å². The Balaban J connectivity index is 1.84. The standard InChI is InChI=1S/C28H33N3O5/c1-30(2)21-13-11-19(12-14-21)26(27(32)29-20-8-5-6-9-20)31(28(33)24-10-7-17-36-24)22-15-16-23(34-3)25(18-22)35-4/h7,10-18,20,26H,5-6,8-9H2,1-4H3,(H,29,32)/t26-/m1/s1. The zero-order valence-electron chi connectivity index (χ0n) is 21.2. The Bertz CT molecular complexity index is 1170. The van der Waals surface area contributed by atoms with Crippen molar-refractivity contribution in [2.75, 3.05) is 38.1 Å². The first kappa shape index (κ1) is 25.2. The average Bonchev–Trinajstić information content (AvgIpc) is 3.61. The van der Waals surface area contributed by atoms with Crippen LogP contribution in [0.2, 0.25) is 0 Å². The number of hydrogen-bond donors (Lipinski definition) is 1. The lowest BCUT2D eigenvalue weighted by molar-refractivity contribution is -0.123. The molecule has 8 nitrogen and oxygen atoms in total. The van der Waals surface area contributed by atoms with E-state index in [0.717, 1.165) is 31.4 Å². The van der Waals surface area contributed by atoms with Crippen molar-refractivity contribution in [1.29, 1.82) is 0 Å². The fourth-order valence-corrected chi connectivity index (χ4v) is 4.60. The molecule has 2 aromatic carbocycles. The van der Waals surface area contributed by atoms with Crippen LogP contribution >= 0.6 is 0 Å². The molecule has 2 amide bonds. The second kappa shape index (κ2) is 11.2. The molecule has 8 heteroatoms. The first-order valence-electron chi connectivity index (χ1n) is 12.1. The van der Waals surface area contributed by atoms with Gasteiger partial charge in [-0.15, -0.1) is 0 Å². The molecule has 1 aliphatic rings. The summed E-state index contributed by atoms with van der Waals surface area (Å²) in [5.74, 6) is 0.428. The Morgan fingerprint density at radius 3 is 2.19 bits per heavy atom. The van der Waals surface area contributed by atoms with E-state index in [4.69, 9.17) is 13.9 Å². The monoisotopic (exact) mass is 491 g/mol. The molecular weight excluding hydrogens is 458 g/mol. The van der Waals surface area contributed by atoms with Gasteiger partial charge in [-0.3, -0.25) is 14.5 Å². The molecular formula is C28H33N3O5. The number of amides is 2. The van der Waals surface area contributed by atoms with Crippen LogP contribution in [-0.4, -0.2) is 46.2 Å². The van der Waals surface area contributed by atoms with Crippen molar-refractivity contribution in [2.24, 2.45) is 0 Å². The Morgan fingerprint density at radius 1 is 0.944 bits per heavy atom. The maximum atomic E-state index is 13.9. The Hall–Kier alpha value is -3.94. The summed E-state index contributed by atoms with van der Waals surface area (Å²) in [5.41, 5.74) is 2.16. The van der Waals surface area contributed by atoms with E-state index in [2.05, 4.69) is 5.32 Å². The van der Waals surface area contributed by atoms with E-state index in [9.17, 15) is 9.59 Å². The van der Waals surface area contributed by atoms with Crippen molar-refractivity contribution in [3.63, 3.8) is 0 Å². The van der Waals surface area contributed by atoms with Crippen LogP contribution in [0.15, 0.2) is 65.3 Å². The SMILES string of the molecule is COc1ccc(N(C(=O)c2ccco2)[C@@H](C(=O)NC2CCCC2)c2ccc(N(C)C)cc2)cc1OC. The number of hydrogen-bond acceptors (Lipinski definition) is 6. The average molecular weight is 492 g/mol. The molecule has 190 valence electrons. The van der Waals surface area contributed by atoms with Gasteiger partial charge < -0.3 is 24.1 Å². The minimum absolute atomic E-state index is 0.0898. The molecule has 0 spiro atoms. The number of carbonyl (C=O) groups excluding carboxylic acids is 2. The highest BCUT2D eigenvalue weighted by molar-refractivity contribution is 6.08. The van der Waals surface area contributed by atoms with E-state index in [1.54, 1.807) is 37.4 Å². The predicted molar refractivity (Wildman–Crippen MR) is 139 cm³/mol. The highest BCUT2D eigenvalue weighted by Gasteiger charge is 2.36. The van der Waals surface area contributed by atoms with Crippen LogP contribution in [0.4, 0.5) is 11.4 Å². The van der Waals surface area contributed by atoms with Gasteiger partial charge in [0.1, 0.15) is 6.04 Å². The van der Waals surface area contributed by atoms with Gasteiger partial charge in [0.15, 0.2) is 17.3 Å². The number of ether oxygens (including phenoxy) is 2. The van der Waals surface area contributed by atoms with Crippen molar-refractivity contribution in [1.82, 2.24) is 5.32 Å². The van der Waals surface area contributed by atoms with Crippen LogP contribution in [0, 0.1) is 0 Å². The fraction of sp³-hybridized carbons (Fsp3) is 0.357. The van der Waals surface area contributed by atoms with Gasteiger partial charge in [0.05, 0.1) is 20.5 Å². The third kappa shape index (κ3) is 5.32. The van der Waals surface area contributed by atoms with Gasteiger partial charge in [0.25, 0.3) is 5.91 Å². The van der Waals surface area contributed by atoms with Crippen LogP contribution in [-0.2, 0) is 4.79 Å². The predicted octanol–water partition coefficient (Wildman–Crippen LogP) is 4.81. The van der Waals surface area contributed by atoms with Crippen molar-refractivity contribution < 1.29 is 23.5 Å². The van der Waals surface area contributed by atoms with Gasteiger partial charge >= 0.3 is 0 Å². The fourth-order valence-electron chi connectivity index (χ4n) is 4.60. The van der Waals surface area contributed by atoms with E-state index in [-0.39, 0.29) is 17.7 Å². The molecule has 0 radical (unpaired) electrons. The molecule has 3 aromatic rings. The molecule has 1 N–H and O–H groups in total. The lowest BCUT2D eigenvalue weighted by atomic mass is 10.0. The summed E-state index contributed by atoms with van der Waals surface area (Å²) in [7, 11) is 6.99. The zero-order valence-corrected chi connectivity index (χ0v) is 21.2. The van der Waals surface area contributed by atoms with Gasteiger partial charge in [0.2, 0.25) is 5.91 Å². The molecule has 1 fully saturated rings. The molecule has 36 heavy (non-hydrogen) atoms. The number of anilines is 2. The van der Waals surface area contributed by atoms with Crippen LogP contribution in [0.3, 0.4) is 0 Å². The van der Waals surface area contributed by atoms with Crippen LogP contribution in [0.5, 0.6) is 11.5 Å². The van der Waals surface area contributed by atoms with E-state index >= 15 is 0 Å². The Morgan fingerprint density at radius 2 is 1.61 bits per heavy atom. The van der Waals surface area contributed by atoms with Gasteiger partial charge in [-0.1, -0.05) is 25.0 Å². The van der Waals surface area contributed by atoms with Gasteiger partial charge in [-0.2, -0.15) is 0 Å². The minimum atomic E-state index is -0.933. The highest BCUT2D eigenvalue weighted by atomic mass is 16.5. The lowest BCUT2D eigenvalue weighted by Gasteiger charge is -2.32. The Kier molecular flexibility index (Phi) is 7.83. The minimum Gasteiger partial charge on any atom is -0.493 e. The molecule has 1 saturated carbocycles. The van der Waals surface area contributed by atoms with Crippen LogP contribution < -0.4 is 24.6 Å². The highest BCUT2D eigenvalue weighted by Crippen LogP contribution is 2.37. The number of benzene rings is 2. The third-order valence-electron chi connectivity index (χ3n) is 6.53. The van der Waals surface area contributed by atoms with E-state index < -0.39 is 11.9 Å². The van der Waals surface area contributed by atoms with E-state index in [1.807, 2.05) is 43.3 Å². The maximum absolute atomic E-state index is 13.9. The first-order chi connectivity index (χ1) is 17.4. The van der Waals surface area contributed by atoms with Crippen molar-refractivity contribution >= 4 is 23.2 Å². The topological polar surface area (TPSA) is 84.2 Å². The van der Waals surface area contributed by atoms with Gasteiger partial charge in [0, 0.05) is 37.6 Å². The summed E-state index contributed by atoms with van der Waals surface area (Å²) in [6, 6.07) is 15.2. The normalized spacial score (nSPS) is 14.2. The summed E-state index contributed by atoms with van der Waals surface area (Å²) in [5, 5.41) is 3.19. The number of furan rings is 1. The maximum Gasteiger partial charge on any atom is 0.294 e. The summed E-state index contributed by atoms with van der Waals surface area (Å²) >= 11 is 0. The number of nitrogens with one attached hydrogen (secondary N) is 1. The summed E-state index contributed by atoms with van der Waals surface area (Å²) in [4.78, 5) is 31.2. The second-order valence-corrected chi connectivity index (χ2v) is 9.07. The Labute approximate surface area is 211 Å². The molecule has 0 bridgehead atoms. The number of methoxy groups -OCH3 is 2. The smallest absolute Gasteiger partial charge is 0.294 e. The first-order valence-corrected chi connectivity index (χ1v) is 12.1. The summed E-state index contributed by atoms with van der Waals surface area (Å²) in [6.07, 6.45) is 5.47. The van der Waals surface area contributed by atoms with Crippen LogP contribution in [0.25, 0.3) is 0 Å².